The summed E-state index contributed by atoms with van der Waals surface area (Å²) in [5.41, 5.74) is 2.31. The molecule has 0 aliphatic carbocycles. The SMILES string of the molecule is CCOC(=O)N1C[C@H](O)C[C@@H]1COc1ccccc1CCc1cccc(OC)c1. The second-order valence-electron chi connectivity index (χ2n) is 7.16. The minimum atomic E-state index is -0.545. The molecule has 0 radical (unpaired) electrons. The molecule has 1 amide bonds. The number of methoxy groups -OCH3 is 1. The maximum atomic E-state index is 12.1. The Balaban J connectivity index is 1.62. The largest absolute Gasteiger partial charge is 0.497 e. The van der Waals surface area contributed by atoms with Crippen LogP contribution in [-0.2, 0) is 17.6 Å². The van der Waals surface area contributed by atoms with Crippen molar-refractivity contribution in [2.24, 2.45) is 0 Å². The van der Waals surface area contributed by atoms with Gasteiger partial charge in [-0.1, -0.05) is 30.3 Å². The molecule has 0 bridgehead atoms. The van der Waals surface area contributed by atoms with Crippen LogP contribution in [0.1, 0.15) is 24.5 Å². The summed E-state index contributed by atoms with van der Waals surface area (Å²) in [6.45, 7) is 2.69. The highest BCUT2D eigenvalue weighted by atomic mass is 16.6. The number of amides is 1. The molecule has 2 aromatic carbocycles. The smallest absolute Gasteiger partial charge is 0.410 e. The molecule has 0 aromatic heterocycles. The van der Waals surface area contributed by atoms with E-state index in [9.17, 15) is 9.90 Å². The molecule has 29 heavy (non-hydrogen) atoms. The molecule has 1 saturated heterocycles. The second-order valence-corrected chi connectivity index (χ2v) is 7.16. The molecule has 1 aliphatic heterocycles. The predicted molar refractivity (Wildman–Crippen MR) is 110 cm³/mol. The lowest BCUT2D eigenvalue weighted by atomic mass is 10.0. The molecule has 0 unspecified atom stereocenters. The van der Waals surface area contributed by atoms with Crippen molar-refractivity contribution in [2.45, 2.75) is 38.3 Å². The van der Waals surface area contributed by atoms with E-state index in [1.54, 1.807) is 18.9 Å². The van der Waals surface area contributed by atoms with Crippen LogP contribution in [0.3, 0.4) is 0 Å². The van der Waals surface area contributed by atoms with Crippen molar-refractivity contribution in [1.82, 2.24) is 4.90 Å². The monoisotopic (exact) mass is 399 g/mol. The van der Waals surface area contributed by atoms with Gasteiger partial charge in [-0.05, 0) is 55.5 Å². The zero-order chi connectivity index (χ0) is 20.6. The van der Waals surface area contributed by atoms with Gasteiger partial charge in [0.2, 0.25) is 0 Å². The maximum absolute atomic E-state index is 12.1. The number of aliphatic hydroxyl groups excluding tert-OH is 1. The van der Waals surface area contributed by atoms with Gasteiger partial charge in [-0.2, -0.15) is 0 Å². The Hall–Kier alpha value is -2.73. The van der Waals surface area contributed by atoms with Gasteiger partial charge in [0.15, 0.2) is 0 Å². The quantitative estimate of drug-likeness (QED) is 0.736. The lowest BCUT2D eigenvalue weighted by molar-refractivity contribution is 0.0887. The number of β-amino-alcohol motifs (C(OH)–C–C–N with tert-alkyl or cyclic N) is 1. The van der Waals surface area contributed by atoms with Gasteiger partial charge in [0.25, 0.3) is 0 Å². The van der Waals surface area contributed by atoms with Gasteiger partial charge in [0.1, 0.15) is 18.1 Å². The first-order valence-electron chi connectivity index (χ1n) is 10.1. The molecular weight excluding hydrogens is 370 g/mol. The second kappa shape index (κ2) is 10.2. The third kappa shape index (κ3) is 5.64. The number of benzene rings is 2. The van der Waals surface area contributed by atoms with E-state index in [-0.39, 0.29) is 12.6 Å². The third-order valence-corrected chi connectivity index (χ3v) is 5.12. The molecule has 1 aliphatic rings. The predicted octanol–water partition coefficient (Wildman–Crippen LogP) is 3.45. The van der Waals surface area contributed by atoms with Gasteiger partial charge < -0.3 is 19.3 Å². The van der Waals surface area contributed by atoms with Crippen LogP contribution >= 0.6 is 0 Å². The molecule has 1 fully saturated rings. The number of rotatable bonds is 8. The van der Waals surface area contributed by atoms with Crippen molar-refractivity contribution in [3.8, 4) is 11.5 Å². The molecule has 6 heteroatoms. The number of hydrogen-bond donors (Lipinski definition) is 1. The number of aryl methyl sites for hydroxylation is 2. The van der Waals surface area contributed by atoms with Crippen LogP contribution in [0.25, 0.3) is 0 Å². The Morgan fingerprint density at radius 2 is 2.00 bits per heavy atom. The molecule has 2 atom stereocenters. The highest BCUT2D eigenvalue weighted by Crippen LogP contribution is 2.24. The average Bonchev–Trinajstić information content (AvgIpc) is 3.12. The molecule has 156 valence electrons. The minimum absolute atomic E-state index is 0.199. The standard InChI is InChI=1S/C23H29NO5/c1-3-28-23(26)24-15-20(25)14-19(24)16-29-22-10-5-4-8-18(22)12-11-17-7-6-9-21(13-17)27-2/h4-10,13,19-20,25H,3,11-12,14-16H2,1-2H3/t19-,20-/m1/s1. The molecule has 0 saturated carbocycles. The van der Waals surface area contributed by atoms with E-state index in [0.29, 0.717) is 19.6 Å². The normalized spacial score (nSPS) is 18.5. The van der Waals surface area contributed by atoms with Gasteiger partial charge in [-0.25, -0.2) is 4.79 Å². The topological polar surface area (TPSA) is 68.2 Å². The number of likely N-dealkylation sites (tertiary alicyclic amines) is 1. The van der Waals surface area contributed by atoms with Crippen LogP contribution in [0, 0.1) is 0 Å². The number of para-hydroxylation sites is 1. The van der Waals surface area contributed by atoms with Crippen LogP contribution in [0.5, 0.6) is 11.5 Å². The number of carbonyl (C=O) groups excluding carboxylic acids is 1. The number of nitrogens with zero attached hydrogens (tertiary/aromatic N) is 1. The van der Waals surface area contributed by atoms with Gasteiger partial charge in [-0.3, -0.25) is 4.90 Å². The molecule has 6 nitrogen and oxygen atoms in total. The van der Waals surface area contributed by atoms with Gasteiger partial charge in [-0.15, -0.1) is 0 Å². The Bertz CT molecular complexity index is 809. The van der Waals surface area contributed by atoms with Crippen molar-refractivity contribution in [1.29, 1.82) is 0 Å². The Kier molecular flexibility index (Phi) is 7.36. The van der Waals surface area contributed by atoms with Gasteiger partial charge in [0, 0.05) is 0 Å². The van der Waals surface area contributed by atoms with E-state index in [1.807, 2.05) is 36.4 Å². The van der Waals surface area contributed by atoms with Crippen molar-refractivity contribution >= 4 is 6.09 Å². The number of hydrogen-bond acceptors (Lipinski definition) is 5. The average molecular weight is 399 g/mol. The fraction of sp³-hybridized carbons (Fsp3) is 0.435. The van der Waals surface area contributed by atoms with Gasteiger partial charge >= 0.3 is 6.09 Å². The zero-order valence-electron chi connectivity index (χ0n) is 17.0. The van der Waals surface area contributed by atoms with E-state index in [4.69, 9.17) is 14.2 Å². The molecule has 3 rings (SSSR count). The van der Waals surface area contributed by atoms with Crippen LogP contribution in [0.4, 0.5) is 4.79 Å². The van der Waals surface area contributed by atoms with Crippen LogP contribution in [0.2, 0.25) is 0 Å². The summed E-state index contributed by atoms with van der Waals surface area (Å²) >= 11 is 0. The fourth-order valence-corrected chi connectivity index (χ4v) is 3.62. The Morgan fingerprint density at radius 3 is 2.79 bits per heavy atom. The number of carbonyl (C=O) groups is 1. The van der Waals surface area contributed by atoms with Crippen LogP contribution in [-0.4, -0.2) is 55.1 Å². The molecule has 2 aromatic rings. The first kappa shape index (κ1) is 21.0. The molecular formula is C23H29NO5. The number of aliphatic hydroxyl groups is 1. The summed E-state index contributed by atoms with van der Waals surface area (Å²) in [5, 5.41) is 9.98. The van der Waals surface area contributed by atoms with Crippen molar-refractivity contribution in [2.75, 3.05) is 26.9 Å². The third-order valence-electron chi connectivity index (χ3n) is 5.12. The summed E-state index contributed by atoms with van der Waals surface area (Å²) in [6, 6.07) is 15.8. The van der Waals surface area contributed by atoms with E-state index >= 15 is 0 Å². The van der Waals surface area contributed by atoms with Gasteiger partial charge in [0.05, 0.1) is 32.4 Å². The molecule has 1 N–H and O–H groups in total. The summed E-state index contributed by atoms with van der Waals surface area (Å²) < 4.78 is 16.5. The summed E-state index contributed by atoms with van der Waals surface area (Å²) in [6.07, 6.45) is 1.25. The summed E-state index contributed by atoms with van der Waals surface area (Å²) in [5.74, 6) is 1.66. The summed E-state index contributed by atoms with van der Waals surface area (Å²) in [7, 11) is 1.67. The molecule has 0 spiro atoms. The first-order chi connectivity index (χ1) is 14.1. The Labute approximate surface area is 172 Å². The van der Waals surface area contributed by atoms with Crippen LogP contribution in [0.15, 0.2) is 48.5 Å². The fourth-order valence-electron chi connectivity index (χ4n) is 3.62. The first-order valence-corrected chi connectivity index (χ1v) is 10.1. The van der Waals surface area contributed by atoms with E-state index in [1.165, 1.54) is 5.56 Å². The highest BCUT2D eigenvalue weighted by Gasteiger charge is 2.35. The lowest BCUT2D eigenvalue weighted by Crippen LogP contribution is -2.39. The maximum Gasteiger partial charge on any atom is 0.410 e. The van der Waals surface area contributed by atoms with Crippen molar-refractivity contribution in [3.63, 3.8) is 0 Å². The molecule has 1 heterocycles. The van der Waals surface area contributed by atoms with Crippen molar-refractivity contribution in [3.05, 3.63) is 59.7 Å². The van der Waals surface area contributed by atoms with E-state index in [0.717, 1.165) is 29.9 Å². The highest BCUT2D eigenvalue weighted by molar-refractivity contribution is 5.68. The Morgan fingerprint density at radius 1 is 1.17 bits per heavy atom. The summed E-state index contributed by atoms with van der Waals surface area (Å²) in [4.78, 5) is 13.7. The number of ether oxygens (including phenoxy) is 3. The van der Waals surface area contributed by atoms with E-state index < -0.39 is 12.2 Å². The van der Waals surface area contributed by atoms with E-state index in [2.05, 4.69) is 12.1 Å². The minimum Gasteiger partial charge on any atom is -0.497 e. The zero-order valence-corrected chi connectivity index (χ0v) is 17.0. The lowest BCUT2D eigenvalue weighted by Gasteiger charge is -2.24. The van der Waals surface area contributed by atoms with Crippen LogP contribution < -0.4 is 9.47 Å². The van der Waals surface area contributed by atoms with Crippen molar-refractivity contribution < 1.29 is 24.1 Å².